The average Bonchev–Trinajstić information content (AvgIpc) is 2.62. The number of carbonyl (C=O) groups is 1. The van der Waals surface area contributed by atoms with E-state index in [-0.39, 0.29) is 13.0 Å². The summed E-state index contributed by atoms with van der Waals surface area (Å²) in [5.41, 5.74) is -0.826. The van der Waals surface area contributed by atoms with E-state index >= 15 is 0 Å². The van der Waals surface area contributed by atoms with Crippen LogP contribution in [0, 0.1) is 17.2 Å². The Kier molecular flexibility index (Phi) is 4.10. The number of nitrogens with zero attached hydrogens (tertiary/aromatic N) is 1. The van der Waals surface area contributed by atoms with Gasteiger partial charge in [-0.1, -0.05) is 12.8 Å². The van der Waals surface area contributed by atoms with Gasteiger partial charge >= 0.3 is 5.97 Å². The Bertz CT molecular complexity index is 263. The zero-order valence-electron chi connectivity index (χ0n) is 9.03. The van der Waals surface area contributed by atoms with Crippen molar-refractivity contribution in [2.75, 3.05) is 6.61 Å². The second kappa shape index (κ2) is 5.13. The zero-order valence-corrected chi connectivity index (χ0v) is 9.03. The molecule has 4 heteroatoms. The third kappa shape index (κ3) is 3.21. The number of hydrogen-bond acceptors (Lipinski definition) is 4. The molecule has 1 fully saturated rings. The first-order chi connectivity index (χ1) is 7.11. The maximum absolute atomic E-state index is 11.3. The molecule has 1 rings (SSSR count). The van der Waals surface area contributed by atoms with E-state index in [0.717, 1.165) is 12.8 Å². The van der Waals surface area contributed by atoms with Crippen LogP contribution in [-0.4, -0.2) is 23.3 Å². The van der Waals surface area contributed by atoms with E-state index in [2.05, 4.69) is 0 Å². The Labute approximate surface area is 89.8 Å². The van der Waals surface area contributed by atoms with Crippen LogP contribution in [0.3, 0.4) is 0 Å². The van der Waals surface area contributed by atoms with Crippen molar-refractivity contribution in [3.63, 3.8) is 0 Å². The minimum absolute atomic E-state index is 0.211. The largest absolute Gasteiger partial charge is 0.465 e. The van der Waals surface area contributed by atoms with Crippen molar-refractivity contribution < 1.29 is 14.6 Å². The summed E-state index contributed by atoms with van der Waals surface area (Å²) in [6.07, 6.45) is 3.52. The van der Waals surface area contributed by atoms with Crippen molar-refractivity contribution in [1.82, 2.24) is 0 Å². The van der Waals surface area contributed by atoms with Crippen molar-refractivity contribution >= 4 is 5.97 Å². The second-order valence-corrected chi connectivity index (χ2v) is 4.07. The summed E-state index contributed by atoms with van der Waals surface area (Å²) >= 11 is 0. The quantitative estimate of drug-likeness (QED) is 0.713. The molecule has 0 aliphatic heterocycles. The van der Waals surface area contributed by atoms with Crippen LogP contribution in [0.15, 0.2) is 0 Å². The van der Waals surface area contributed by atoms with Gasteiger partial charge in [0.15, 0.2) is 0 Å². The van der Waals surface area contributed by atoms with Gasteiger partial charge in [-0.3, -0.25) is 4.79 Å². The zero-order chi connectivity index (χ0) is 11.3. The molecule has 0 saturated heterocycles. The lowest BCUT2D eigenvalue weighted by Crippen LogP contribution is -2.31. The molecule has 0 aromatic heterocycles. The average molecular weight is 211 g/mol. The number of rotatable bonds is 4. The first-order valence-corrected chi connectivity index (χ1v) is 5.40. The predicted molar refractivity (Wildman–Crippen MR) is 53.8 cm³/mol. The molecule has 1 atom stereocenters. The van der Waals surface area contributed by atoms with E-state index < -0.39 is 17.5 Å². The molecular formula is C11H17NO3. The van der Waals surface area contributed by atoms with Crippen molar-refractivity contribution in [3.05, 3.63) is 0 Å². The molecule has 1 aliphatic carbocycles. The molecule has 0 spiro atoms. The Morgan fingerprint density at radius 3 is 2.67 bits per heavy atom. The van der Waals surface area contributed by atoms with Gasteiger partial charge in [0.05, 0.1) is 18.3 Å². The van der Waals surface area contributed by atoms with Gasteiger partial charge in [-0.25, -0.2) is 0 Å². The lowest BCUT2D eigenvalue weighted by atomic mass is 9.90. The van der Waals surface area contributed by atoms with Crippen LogP contribution in [0.25, 0.3) is 0 Å². The minimum atomic E-state index is -0.826. The molecule has 15 heavy (non-hydrogen) atoms. The van der Waals surface area contributed by atoms with Gasteiger partial charge in [-0.2, -0.15) is 5.26 Å². The highest BCUT2D eigenvalue weighted by atomic mass is 16.5. The number of ether oxygens (including phenoxy) is 1. The smallest absolute Gasteiger partial charge is 0.323 e. The first kappa shape index (κ1) is 12.0. The summed E-state index contributed by atoms with van der Waals surface area (Å²) < 4.78 is 4.78. The van der Waals surface area contributed by atoms with E-state index in [9.17, 15) is 9.90 Å². The fourth-order valence-corrected chi connectivity index (χ4v) is 2.04. The molecule has 1 N–H and O–H groups in total. The SMILES string of the molecule is CCOC(=O)C(C#N)CC1(O)CCCC1. The fourth-order valence-electron chi connectivity index (χ4n) is 2.04. The number of carbonyl (C=O) groups excluding carboxylic acids is 1. The summed E-state index contributed by atoms with van der Waals surface area (Å²) in [4.78, 5) is 11.3. The van der Waals surface area contributed by atoms with Gasteiger partial charge in [-0.05, 0) is 19.8 Å². The van der Waals surface area contributed by atoms with Crippen molar-refractivity contribution in [3.8, 4) is 6.07 Å². The van der Waals surface area contributed by atoms with Crippen LogP contribution in [0.1, 0.15) is 39.0 Å². The predicted octanol–water partition coefficient (Wildman–Crippen LogP) is 1.38. The van der Waals surface area contributed by atoms with Crippen LogP contribution in [0.4, 0.5) is 0 Å². The fraction of sp³-hybridized carbons (Fsp3) is 0.818. The van der Waals surface area contributed by atoms with Gasteiger partial charge < -0.3 is 9.84 Å². The molecule has 4 nitrogen and oxygen atoms in total. The summed E-state index contributed by atoms with van der Waals surface area (Å²) in [5.74, 6) is -1.34. The summed E-state index contributed by atoms with van der Waals surface area (Å²) in [6, 6.07) is 1.90. The third-order valence-corrected chi connectivity index (χ3v) is 2.85. The van der Waals surface area contributed by atoms with E-state index in [1.807, 2.05) is 6.07 Å². The second-order valence-electron chi connectivity index (χ2n) is 4.07. The maximum atomic E-state index is 11.3. The molecule has 0 aromatic carbocycles. The summed E-state index contributed by atoms with van der Waals surface area (Å²) in [6.45, 7) is 1.98. The molecule has 1 saturated carbocycles. The Balaban J connectivity index is 2.53. The number of nitriles is 1. The summed E-state index contributed by atoms with van der Waals surface area (Å²) in [7, 11) is 0. The number of aliphatic hydroxyl groups is 1. The minimum Gasteiger partial charge on any atom is -0.465 e. The third-order valence-electron chi connectivity index (χ3n) is 2.85. The van der Waals surface area contributed by atoms with E-state index in [1.165, 1.54) is 0 Å². The molecule has 0 bridgehead atoms. The Morgan fingerprint density at radius 1 is 1.60 bits per heavy atom. The van der Waals surface area contributed by atoms with Crippen LogP contribution < -0.4 is 0 Å². The monoisotopic (exact) mass is 211 g/mol. The molecule has 0 aromatic rings. The van der Waals surface area contributed by atoms with E-state index in [0.29, 0.717) is 12.8 Å². The van der Waals surface area contributed by atoms with Crippen molar-refractivity contribution in [2.45, 2.75) is 44.6 Å². The molecule has 1 unspecified atom stereocenters. The highest BCUT2D eigenvalue weighted by Crippen LogP contribution is 2.34. The van der Waals surface area contributed by atoms with Crippen molar-refractivity contribution in [2.24, 2.45) is 5.92 Å². The lowest BCUT2D eigenvalue weighted by molar-refractivity contribution is -0.148. The van der Waals surface area contributed by atoms with Crippen LogP contribution in [0.5, 0.6) is 0 Å². The van der Waals surface area contributed by atoms with E-state index in [4.69, 9.17) is 10.00 Å². The van der Waals surface area contributed by atoms with Crippen LogP contribution >= 0.6 is 0 Å². The molecule has 84 valence electrons. The van der Waals surface area contributed by atoms with Gasteiger partial charge in [0.1, 0.15) is 5.92 Å². The highest BCUT2D eigenvalue weighted by Gasteiger charge is 2.36. The molecule has 0 amide bonds. The molecular weight excluding hydrogens is 194 g/mol. The van der Waals surface area contributed by atoms with Gasteiger partial charge in [0.2, 0.25) is 0 Å². The maximum Gasteiger partial charge on any atom is 0.323 e. The standard InChI is InChI=1S/C11H17NO3/c1-2-15-10(13)9(8-12)7-11(14)5-3-4-6-11/h9,14H,2-7H2,1H3. The topological polar surface area (TPSA) is 70.3 Å². The Hall–Kier alpha value is -1.08. The van der Waals surface area contributed by atoms with Gasteiger partial charge in [0, 0.05) is 6.42 Å². The van der Waals surface area contributed by atoms with E-state index in [1.54, 1.807) is 6.92 Å². The Morgan fingerprint density at radius 2 is 2.20 bits per heavy atom. The van der Waals surface area contributed by atoms with Crippen LogP contribution in [0.2, 0.25) is 0 Å². The highest BCUT2D eigenvalue weighted by molar-refractivity contribution is 5.75. The van der Waals surface area contributed by atoms with Gasteiger partial charge in [-0.15, -0.1) is 0 Å². The van der Waals surface area contributed by atoms with Gasteiger partial charge in [0.25, 0.3) is 0 Å². The molecule has 0 radical (unpaired) electrons. The molecule has 0 heterocycles. The number of esters is 1. The summed E-state index contributed by atoms with van der Waals surface area (Å²) in [5, 5.41) is 18.9. The first-order valence-electron chi connectivity index (χ1n) is 5.40. The lowest BCUT2D eigenvalue weighted by Gasteiger charge is -2.23. The normalized spacial score (nSPS) is 20.6. The van der Waals surface area contributed by atoms with Crippen molar-refractivity contribution in [1.29, 1.82) is 5.26 Å². The van der Waals surface area contributed by atoms with Crippen LogP contribution in [-0.2, 0) is 9.53 Å². The molecule has 1 aliphatic rings. The number of hydrogen-bond donors (Lipinski definition) is 1.